The quantitative estimate of drug-likeness (QED) is 0.902. The van der Waals surface area contributed by atoms with Crippen LogP contribution in [-0.4, -0.2) is 42.2 Å². The summed E-state index contributed by atoms with van der Waals surface area (Å²) in [4.78, 5) is 14.1. The fourth-order valence-electron chi connectivity index (χ4n) is 3.13. The molecule has 4 nitrogen and oxygen atoms in total. The molecule has 0 aliphatic carbocycles. The number of hydrogen-bond donors (Lipinski definition) is 1. The van der Waals surface area contributed by atoms with E-state index in [4.69, 9.17) is 4.74 Å². The summed E-state index contributed by atoms with van der Waals surface area (Å²) in [5, 5.41) is 10.2. The molecule has 2 heterocycles. The molecule has 0 atom stereocenters. The number of phenolic OH excluding ortho intramolecular Hbond substituents is 1. The summed E-state index contributed by atoms with van der Waals surface area (Å²) in [6, 6.07) is 5.39. The average Bonchev–Trinajstić information content (AvgIpc) is 3.01. The number of ether oxygens (including phenoxy) is 1. The first-order chi connectivity index (χ1) is 9.75. The van der Waals surface area contributed by atoms with E-state index in [1.165, 1.54) is 0 Å². The third-order valence-electron chi connectivity index (χ3n) is 4.33. The van der Waals surface area contributed by atoms with Gasteiger partial charge in [0.15, 0.2) is 0 Å². The van der Waals surface area contributed by atoms with Crippen molar-refractivity contribution >= 4 is 5.91 Å². The molecule has 0 saturated carbocycles. The molecule has 4 heteroatoms. The van der Waals surface area contributed by atoms with E-state index in [1.807, 2.05) is 17.0 Å². The third kappa shape index (κ3) is 2.66. The van der Waals surface area contributed by atoms with E-state index in [0.717, 1.165) is 57.6 Å². The van der Waals surface area contributed by atoms with Crippen LogP contribution in [0.15, 0.2) is 18.2 Å². The summed E-state index contributed by atoms with van der Waals surface area (Å²) >= 11 is 0. The van der Waals surface area contributed by atoms with Gasteiger partial charge in [-0.1, -0.05) is 6.07 Å². The van der Waals surface area contributed by atoms with Gasteiger partial charge in [-0.25, -0.2) is 0 Å². The number of hydrogen-bond acceptors (Lipinski definition) is 3. The summed E-state index contributed by atoms with van der Waals surface area (Å²) in [6.07, 6.45) is 4.04. The van der Waals surface area contributed by atoms with Crippen LogP contribution in [0.5, 0.6) is 5.75 Å². The van der Waals surface area contributed by atoms with Crippen molar-refractivity contribution in [1.82, 2.24) is 4.90 Å². The van der Waals surface area contributed by atoms with Crippen LogP contribution in [0.25, 0.3) is 0 Å². The molecule has 1 amide bonds. The number of carbonyl (C=O) groups is 1. The van der Waals surface area contributed by atoms with Crippen LogP contribution in [0.3, 0.4) is 0 Å². The second kappa shape index (κ2) is 5.83. The molecule has 2 aliphatic heterocycles. The molecule has 2 saturated heterocycles. The minimum absolute atomic E-state index is 0.0383. The van der Waals surface area contributed by atoms with E-state index in [2.05, 4.69) is 0 Å². The number of amides is 1. The van der Waals surface area contributed by atoms with Crippen molar-refractivity contribution in [3.8, 4) is 5.75 Å². The van der Waals surface area contributed by atoms with Crippen LogP contribution >= 0.6 is 0 Å². The first kappa shape index (κ1) is 13.4. The molecule has 2 fully saturated rings. The minimum atomic E-state index is 0.0383. The highest BCUT2D eigenvalue weighted by atomic mass is 16.5. The Balaban J connectivity index is 1.77. The van der Waals surface area contributed by atoms with Crippen molar-refractivity contribution in [3.63, 3.8) is 0 Å². The highest BCUT2D eigenvalue weighted by Crippen LogP contribution is 2.33. The van der Waals surface area contributed by atoms with Gasteiger partial charge in [0.25, 0.3) is 5.91 Å². The first-order valence-electron chi connectivity index (χ1n) is 7.45. The van der Waals surface area contributed by atoms with E-state index in [1.54, 1.807) is 6.07 Å². The molecule has 0 bridgehead atoms. The van der Waals surface area contributed by atoms with Gasteiger partial charge in [-0.3, -0.25) is 4.79 Å². The summed E-state index contributed by atoms with van der Waals surface area (Å²) < 4.78 is 5.35. The Bertz CT molecular complexity index is 488. The van der Waals surface area contributed by atoms with Gasteiger partial charge in [0.05, 0.1) is 0 Å². The first-order valence-corrected chi connectivity index (χ1v) is 7.45. The van der Waals surface area contributed by atoms with E-state index < -0.39 is 0 Å². The van der Waals surface area contributed by atoms with E-state index in [9.17, 15) is 9.90 Å². The maximum absolute atomic E-state index is 12.3. The van der Waals surface area contributed by atoms with Crippen LogP contribution < -0.4 is 0 Å². The SMILES string of the molecule is O=C(c1ccc(C2CCOCC2)c(O)c1)N1CCCC1. The van der Waals surface area contributed by atoms with Gasteiger partial charge >= 0.3 is 0 Å². The molecule has 1 aromatic rings. The molecular weight excluding hydrogens is 254 g/mol. The van der Waals surface area contributed by atoms with Crippen molar-refractivity contribution < 1.29 is 14.6 Å². The maximum Gasteiger partial charge on any atom is 0.253 e. The Morgan fingerprint density at radius 2 is 1.90 bits per heavy atom. The van der Waals surface area contributed by atoms with Gasteiger partial charge in [0.2, 0.25) is 0 Å². The number of benzene rings is 1. The lowest BCUT2D eigenvalue weighted by atomic mass is 9.90. The number of likely N-dealkylation sites (tertiary alicyclic amines) is 1. The van der Waals surface area contributed by atoms with E-state index >= 15 is 0 Å². The number of carbonyl (C=O) groups excluding carboxylic acids is 1. The third-order valence-corrected chi connectivity index (χ3v) is 4.33. The minimum Gasteiger partial charge on any atom is -0.508 e. The normalized spacial score (nSPS) is 20.3. The van der Waals surface area contributed by atoms with Gasteiger partial charge < -0.3 is 14.7 Å². The predicted molar refractivity (Wildman–Crippen MR) is 76.0 cm³/mol. The van der Waals surface area contributed by atoms with Gasteiger partial charge in [-0.15, -0.1) is 0 Å². The van der Waals surface area contributed by atoms with Gasteiger partial charge in [-0.2, -0.15) is 0 Å². The highest BCUT2D eigenvalue weighted by Gasteiger charge is 2.23. The van der Waals surface area contributed by atoms with Crippen LogP contribution in [0.2, 0.25) is 0 Å². The average molecular weight is 275 g/mol. The smallest absolute Gasteiger partial charge is 0.253 e. The van der Waals surface area contributed by atoms with E-state index in [0.29, 0.717) is 11.5 Å². The molecule has 108 valence electrons. The number of rotatable bonds is 2. The standard InChI is InChI=1S/C16H21NO3/c18-15-11-13(16(19)17-7-1-2-8-17)3-4-14(15)12-5-9-20-10-6-12/h3-4,11-12,18H,1-2,5-10H2. The summed E-state index contributed by atoms with van der Waals surface area (Å²) in [7, 11) is 0. The fourth-order valence-corrected chi connectivity index (χ4v) is 3.13. The molecule has 0 aromatic heterocycles. The molecule has 20 heavy (non-hydrogen) atoms. The van der Waals surface area contributed by atoms with Gasteiger partial charge in [0.1, 0.15) is 5.75 Å². The Labute approximate surface area is 119 Å². The molecular formula is C16H21NO3. The van der Waals surface area contributed by atoms with Gasteiger partial charge in [0, 0.05) is 31.9 Å². The van der Waals surface area contributed by atoms with Crippen LogP contribution in [0.1, 0.15) is 47.5 Å². The number of nitrogens with zero attached hydrogens (tertiary/aromatic N) is 1. The van der Waals surface area contributed by atoms with E-state index in [-0.39, 0.29) is 11.7 Å². The zero-order valence-electron chi connectivity index (χ0n) is 11.7. The second-order valence-corrected chi connectivity index (χ2v) is 5.66. The Morgan fingerprint density at radius 1 is 1.20 bits per heavy atom. The molecule has 1 N–H and O–H groups in total. The van der Waals surface area contributed by atoms with Crippen LogP contribution in [0, 0.1) is 0 Å². The molecule has 0 unspecified atom stereocenters. The number of phenols is 1. The van der Waals surface area contributed by atoms with Crippen molar-refractivity contribution in [2.75, 3.05) is 26.3 Å². The zero-order valence-corrected chi connectivity index (χ0v) is 11.7. The second-order valence-electron chi connectivity index (χ2n) is 5.66. The van der Waals surface area contributed by atoms with Crippen molar-refractivity contribution in [3.05, 3.63) is 29.3 Å². The Morgan fingerprint density at radius 3 is 2.55 bits per heavy atom. The molecule has 2 aliphatic rings. The van der Waals surface area contributed by atoms with Crippen molar-refractivity contribution in [2.45, 2.75) is 31.6 Å². The predicted octanol–water partition coefficient (Wildman–Crippen LogP) is 2.52. The zero-order chi connectivity index (χ0) is 13.9. The Hall–Kier alpha value is -1.55. The monoisotopic (exact) mass is 275 g/mol. The summed E-state index contributed by atoms with van der Waals surface area (Å²) in [5.41, 5.74) is 1.55. The Kier molecular flexibility index (Phi) is 3.92. The molecule has 0 radical (unpaired) electrons. The molecule has 3 rings (SSSR count). The maximum atomic E-state index is 12.3. The summed E-state index contributed by atoms with van der Waals surface area (Å²) in [6.45, 7) is 3.17. The summed E-state index contributed by atoms with van der Waals surface area (Å²) in [5.74, 6) is 0.637. The van der Waals surface area contributed by atoms with Crippen molar-refractivity contribution in [1.29, 1.82) is 0 Å². The van der Waals surface area contributed by atoms with Crippen molar-refractivity contribution in [2.24, 2.45) is 0 Å². The largest absolute Gasteiger partial charge is 0.508 e. The highest BCUT2D eigenvalue weighted by molar-refractivity contribution is 5.94. The number of aromatic hydroxyl groups is 1. The lowest BCUT2D eigenvalue weighted by molar-refractivity contribution is 0.0791. The molecule has 0 spiro atoms. The topological polar surface area (TPSA) is 49.8 Å². The lowest BCUT2D eigenvalue weighted by Crippen LogP contribution is -2.27. The van der Waals surface area contributed by atoms with Crippen LogP contribution in [-0.2, 0) is 4.74 Å². The lowest BCUT2D eigenvalue weighted by Gasteiger charge is -2.23. The fraction of sp³-hybridized carbons (Fsp3) is 0.562. The van der Waals surface area contributed by atoms with Gasteiger partial charge in [-0.05, 0) is 49.3 Å². The van der Waals surface area contributed by atoms with Crippen LogP contribution in [0.4, 0.5) is 0 Å². The molecule has 1 aromatic carbocycles.